The molecule has 0 spiro atoms. The van der Waals surface area contributed by atoms with E-state index < -0.39 is 23.9 Å². The molecule has 0 aliphatic carbocycles. The summed E-state index contributed by atoms with van der Waals surface area (Å²) in [6.07, 6.45) is -3.32. The predicted molar refractivity (Wildman–Crippen MR) is 133 cm³/mol. The number of nitrogens with zero attached hydrogens (tertiary/aromatic N) is 2. The molecule has 1 aliphatic heterocycles. The number of anilines is 2. The Labute approximate surface area is 216 Å². The van der Waals surface area contributed by atoms with Crippen LogP contribution in [0, 0.1) is 0 Å². The Kier molecular flexibility index (Phi) is 8.44. The van der Waals surface area contributed by atoms with Crippen LogP contribution in [0.1, 0.15) is 10.4 Å². The number of halogens is 3. The molecule has 1 aliphatic rings. The van der Waals surface area contributed by atoms with Gasteiger partial charge in [0.2, 0.25) is 11.8 Å². The molecule has 2 N–H and O–H groups in total. The number of morpholine rings is 1. The molecule has 0 saturated carbocycles. The van der Waals surface area contributed by atoms with E-state index in [0.717, 1.165) is 23.3 Å². The molecule has 2 amide bonds. The summed E-state index contributed by atoms with van der Waals surface area (Å²) in [6.45, 7) is 1.93. The molecule has 1 aromatic heterocycles. The molecule has 9 nitrogen and oxygen atoms in total. The Morgan fingerprint density at radius 2 is 1.71 bits per heavy atom. The monoisotopic (exact) mass is 530 g/mol. The molecule has 0 radical (unpaired) electrons. The second-order valence-electron chi connectivity index (χ2n) is 8.32. The third kappa shape index (κ3) is 7.43. The van der Waals surface area contributed by atoms with Gasteiger partial charge in [-0.05, 0) is 42.0 Å². The maximum Gasteiger partial charge on any atom is 0.573 e. The zero-order chi connectivity index (χ0) is 27.1. The first-order valence-corrected chi connectivity index (χ1v) is 11.6. The van der Waals surface area contributed by atoms with E-state index in [-0.39, 0.29) is 17.8 Å². The lowest BCUT2D eigenvalue weighted by Gasteiger charge is -2.26. The van der Waals surface area contributed by atoms with Crippen LogP contribution in [0.15, 0.2) is 60.8 Å². The SMILES string of the molecule is COc1ccc(-c2ccc(NC(=O)c3ccc(OC(F)(F)F)c(NC(=O)CN4CCOCC4)c3)cc2)cn1. The molecule has 1 fully saturated rings. The van der Waals surface area contributed by atoms with Crippen LogP contribution < -0.4 is 20.1 Å². The van der Waals surface area contributed by atoms with Crippen LogP contribution in [0.3, 0.4) is 0 Å². The molecule has 38 heavy (non-hydrogen) atoms. The first-order chi connectivity index (χ1) is 18.2. The van der Waals surface area contributed by atoms with E-state index in [1.807, 2.05) is 11.0 Å². The number of pyridine rings is 1. The van der Waals surface area contributed by atoms with Crippen molar-refractivity contribution in [1.82, 2.24) is 9.88 Å². The maximum atomic E-state index is 12.9. The van der Waals surface area contributed by atoms with Gasteiger partial charge in [0.05, 0.1) is 32.6 Å². The average Bonchev–Trinajstić information content (AvgIpc) is 2.90. The van der Waals surface area contributed by atoms with Gasteiger partial charge >= 0.3 is 6.36 Å². The summed E-state index contributed by atoms with van der Waals surface area (Å²) in [4.78, 5) is 31.3. The fraction of sp³-hybridized carbons (Fsp3) is 0.269. The third-order valence-electron chi connectivity index (χ3n) is 5.63. The van der Waals surface area contributed by atoms with Crippen LogP contribution in [0.25, 0.3) is 11.1 Å². The molecule has 3 aromatic rings. The van der Waals surface area contributed by atoms with Crippen molar-refractivity contribution in [3.8, 4) is 22.8 Å². The summed E-state index contributed by atoms with van der Waals surface area (Å²) in [5.41, 5.74) is 1.94. The second-order valence-corrected chi connectivity index (χ2v) is 8.32. The van der Waals surface area contributed by atoms with Crippen molar-refractivity contribution in [2.45, 2.75) is 6.36 Å². The number of nitrogens with one attached hydrogen (secondary N) is 2. The van der Waals surface area contributed by atoms with E-state index >= 15 is 0 Å². The van der Waals surface area contributed by atoms with Gasteiger partial charge in [0.1, 0.15) is 0 Å². The standard InChI is InChI=1S/C26H25F3N4O5/c1-36-24-9-5-19(15-30-24)17-2-6-20(7-3-17)31-25(35)18-4-8-22(38-26(27,28)29)21(14-18)32-23(34)16-33-10-12-37-13-11-33/h2-9,14-15H,10-13,16H2,1H3,(H,31,35)(H,32,34). The van der Waals surface area contributed by atoms with Gasteiger partial charge in [-0.25, -0.2) is 4.98 Å². The Balaban J connectivity index is 1.47. The highest BCUT2D eigenvalue weighted by molar-refractivity contribution is 6.06. The number of rotatable bonds is 8. The zero-order valence-electron chi connectivity index (χ0n) is 20.4. The maximum absolute atomic E-state index is 12.9. The topological polar surface area (TPSA) is 102 Å². The lowest BCUT2D eigenvalue weighted by atomic mass is 10.1. The smallest absolute Gasteiger partial charge is 0.481 e. The molecule has 0 bridgehead atoms. The molecule has 1 saturated heterocycles. The van der Waals surface area contributed by atoms with Gasteiger partial charge in [0.25, 0.3) is 5.91 Å². The lowest BCUT2D eigenvalue weighted by Crippen LogP contribution is -2.41. The van der Waals surface area contributed by atoms with Crippen molar-refractivity contribution < 1.29 is 37.0 Å². The molecule has 2 aromatic carbocycles. The van der Waals surface area contributed by atoms with Crippen LogP contribution in [0.2, 0.25) is 0 Å². The fourth-order valence-corrected chi connectivity index (χ4v) is 3.76. The van der Waals surface area contributed by atoms with Crippen molar-refractivity contribution in [2.24, 2.45) is 0 Å². The van der Waals surface area contributed by atoms with Crippen LogP contribution >= 0.6 is 0 Å². The van der Waals surface area contributed by atoms with Crippen LogP contribution in [0.4, 0.5) is 24.5 Å². The highest BCUT2D eigenvalue weighted by Gasteiger charge is 2.32. The molecule has 200 valence electrons. The van der Waals surface area contributed by atoms with Crippen molar-refractivity contribution in [1.29, 1.82) is 0 Å². The predicted octanol–water partition coefficient (Wildman–Crippen LogP) is 4.18. The molecule has 12 heteroatoms. The first kappa shape index (κ1) is 26.9. The van der Waals surface area contributed by atoms with Crippen LogP contribution in [0.5, 0.6) is 11.6 Å². The second kappa shape index (κ2) is 11.9. The van der Waals surface area contributed by atoms with E-state index in [1.165, 1.54) is 13.2 Å². The number of aromatic nitrogens is 1. The van der Waals surface area contributed by atoms with Gasteiger partial charge in [-0.2, -0.15) is 0 Å². The Bertz CT molecular complexity index is 1260. The van der Waals surface area contributed by atoms with Gasteiger partial charge in [0, 0.05) is 42.2 Å². The number of carbonyl (C=O) groups excluding carboxylic acids is 2. The Morgan fingerprint density at radius 3 is 2.34 bits per heavy atom. The quantitative estimate of drug-likeness (QED) is 0.451. The molecule has 0 unspecified atom stereocenters. The minimum Gasteiger partial charge on any atom is -0.481 e. The summed E-state index contributed by atoms with van der Waals surface area (Å²) < 4.78 is 53.1. The number of amides is 2. The molecule has 0 atom stereocenters. The molecule has 2 heterocycles. The largest absolute Gasteiger partial charge is 0.573 e. The Morgan fingerprint density at radius 1 is 1.00 bits per heavy atom. The normalized spacial score (nSPS) is 14.0. The van der Waals surface area contributed by atoms with Crippen molar-refractivity contribution in [2.75, 3.05) is 50.6 Å². The summed E-state index contributed by atoms with van der Waals surface area (Å²) >= 11 is 0. The van der Waals surface area contributed by atoms with Gasteiger partial charge in [-0.1, -0.05) is 12.1 Å². The van der Waals surface area contributed by atoms with E-state index in [2.05, 4.69) is 20.4 Å². The summed E-state index contributed by atoms with van der Waals surface area (Å²) in [6, 6.07) is 13.8. The van der Waals surface area contributed by atoms with E-state index in [0.29, 0.717) is 37.9 Å². The van der Waals surface area contributed by atoms with Gasteiger partial charge in [-0.3, -0.25) is 14.5 Å². The van der Waals surface area contributed by atoms with Crippen molar-refractivity contribution >= 4 is 23.2 Å². The molecular formula is C26H25F3N4O5. The lowest BCUT2D eigenvalue weighted by molar-refractivity contribution is -0.274. The Hall–Kier alpha value is -4.16. The van der Waals surface area contributed by atoms with Crippen LogP contribution in [-0.4, -0.2) is 68.0 Å². The third-order valence-corrected chi connectivity index (χ3v) is 5.63. The number of hydrogen-bond donors (Lipinski definition) is 2. The summed E-state index contributed by atoms with van der Waals surface area (Å²) in [5.74, 6) is -1.26. The summed E-state index contributed by atoms with van der Waals surface area (Å²) in [7, 11) is 1.53. The molecular weight excluding hydrogens is 505 g/mol. The van der Waals surface area contributed by atoms with Crippen molar-refractivity contribution in [3.63, 3.8) is 0 Å². The minimum absolute atomic E-state index is 0.0321. The highest BCUT2D eigenvalue weighted by Crippen LogP contribution is 2.32. The van der Waals surface area contributed by atoms with Gasteiger partial charge in [0.15, 0.2) is 5.75 Å². The number of ether oxygens (including phenoxy) is 3. The number of methoxy groups -OCH3 is 1. The van der Waals surface area contributed by atoms with Crippen molar-refractivity contribution in [3.05, 3.63) is 66.4 Å². The molecule has 4 rings (SSSR count). The first-order valence-electron chi connectivity index (χ1n) is 11.6. The van der Waals surface area contributed by atoms with E-state index in [9.17, 15) is 22.8 Å². The minimum atomic E-state index is -4.98. The summed E-state index contributed by atoms with van der Waals surface area (Å²) in [5, 5.41) is 5.13. The van der Waals surface area contributed by atoms with E-state index in [4.69, 9.17) is 9.47 Å². The number of carbonyl (C=O) groups is 2. The fourth-order valence-electron chi connectivity index (χ4n) is 3.76. The number of benzene rings is 2. The van der Waals surface area contributed by atoms with Gasteiger partial charge < -0.3 is 24.8 Å². The zero-order valence-corrected chi connectivity index (χ0v) is 20.4. The van der Waals surface area contributed by atoms with Crippen LogP contribution in [-0.2, 0) is 9.53 Å². The number of hydrogen-bond acceptors (Lipinski definition) is 7. The number of alkyl halides is 3. The highest BCUT2D eigenvalue weighted by atomic mass is 19.4. The van der Waals surface area contributed by atoms with Gasteiger partial charge in [-0.15, -0.1) is 13.2 Å². The average molecular weight is 531 g/mol. The van der Waals surface area contributed by atoms with E-state index in [1.54, 1.807) is 36.5 Å².